The molecule has 2 unspecified atom stereocenters. The van der Waals surface area contributed by atoms with Crippen LogP contribution in [0, 0.1) is 5.92 Å². The number of pyridine rings is 1. The van der Waals surface area contributed by atoms with Gasteiger partial charge in [0.15, 0.2) is 0 Å². The number of nitrogens with zero attached hydrogens (tertiary/aromatic N) is 1. The fraction of sp³-hybridized carbons (Fsp3) is 0.538. The van der Waals surface area contributed by atoms with Crippen molar-refractivity contribution in [2.75, 3.05) is 0 Å². The van der Waals surface area contributed by atoms with E-state index in [2.05, 4.69) is 22.8 Å². The quantitative estimate of drug-likeness (QED) is 0.784. The smallest absolute Gasteiger partial charge is 0.265 e. The van der Waals surface area contributed by atoms with Gasteiger partial charge in [-0.25, -0.2) is 5.43 Å². The molecule has 92 valence electrons. The molecule has 1 aliphatic rings. The average Bonchev–Trinajstić information content (AvgIpc) is 2.37. The monoisotopic (exact) mass is 233 g/mol. The lowest BCUT2D eigenvalue weighted by Crippen LogP contribution is -2.46. The minimum Gasteiger partial charge on any atom is -0.287 e. The summed E-state index contributed by atoms with van der Waals surface area (Å²) in [6.45, 7) is 2.26. The molecule has 1 amide bonds. The lowest BCUT2D eigenvalue weighted by molar-refractivity contribution is 0.0916. The second-order valence-corrected chi connectivity index (χ2v) is 4.80. The van der Waals surface area contributed by atoms with Gasteiger partial charge in [-0.1, -0.05) is 19.8 Å². The van der Waals surface area contributed by atoms with E-state index < -0.39 is 0 Å². The molecule has 4 heteroatoms. The van der Waals surface area contributed by atoms with Crippen molar-refractivity contribution >= 4 is 5.91 Å². The number of amides is 1. The molecule has 1 saturated carbocycles. The van der Waals surface area contributed by atoms with Crippen LogP contribution in [0.1, 0.15) is 43.0 Å². The second kappa shape index (κ2) is 5.77. The highest BCUT2D eigenvalue weighted by Gasteiger charge is 2.18. The summed E-state index contributed by atoms with van der Waals surface area (Å²) in [5.74, 6) is 0.657. The Morgan fingerprint density at radius 1 is 1.35 bits per heavy atom. The number of nitrogens with one attached hydrogen (secondary N) is 2. The Labute approximate surface area is 102 Å². The Bertz CT molecular complexity index is 366. The number of hydrazine groups is 1. The van der Waals surface area contributed by atoms with Gasteiger partial charge in [0, 0.05) is 24.0 Å². The molecule has 17 heavy (non-hydrogen) atoms. The number of carbonyl (C=O) groups is 1. The van der Waals surface area contributed by atoms with Crippen LogP contribution in [-0.2, 0) is 0 Å². The summed E-state index contributed by atoms with van der Waals surface area (Å²) in [4.78, 5) is 15.7. The lowest BCUT2D eigenvalue weighted by Gasteiger charge is -2.27. The van der Waals surface area contributed by atoms with E-state index in [0.29, 0.717) is 11.6 Å². The Balaban J connectivity index is 1.80. The first kappa shape index (κ1) is 12.0. The first-order valence-electron chi connectivity index (χ1n) is 6.21. The number of hydrogen-bond acceptors (Lipinski definition) is 3. The Hall–Kier alpha value is -1.42. The molecule has 0 saturated heterocycles. The first-order chi connectivity index (χ1) is 8.25. The Morgan fingerprint density at radius 2 is 2.12 bits per heavy atom. The van der Waals surface area contributed by atoms with Crippen LogP contribution in [0.2, 0.25) is 0 Å². The van der Waals surface area contributed by atoms with E-state index in [-0.39, 0.29) is 5.91 Å². The second-order valence-electron chi connectivity index (χ2n) is 4.80. The van der Waals surface area contributed by atoms with Crippen molar-refractivity contribution in [1.82, 2.24) is 15.8 Å². The molecule has 2 atom stereocenters. The van der Waals surface area contributed by atoms with E-state index in [4.69, 9.17) is 0 Å². The summed E-state index contributed by atoms with van der Waals surface area (Å²) in [7, 11) is 0. The zero-order valence-electron chi connectivity index (χ0n) is 10.1. The standard InChI is InChI=1S/C13H19N3O/c1-10-3-2-4-12(9-10)15-16-13(17)11-5-7-14-8-6-11/h5-8,10,12,15H,2-4,9H2,1H3,(H,16,17). The van der Waals surface area contributed by atoms with Crippen molar-refractivity contribution in [2.24, 2.45) is 5.92 Å². The van der Waals surface area contributed by atoms with Crippen molar-refractivity contribution in [3.05, 3.63) is 30.1 Å². The minimum atomic E-state index is -0.0920. The highest BCUT2D eigenvalue weighted by atomic mass is 16.2. The largest absolute Gasteiger partial charge is 0.287 e. The SMILES string of the molecule is CC1CCCC(NNC(=O)c2ccncc2)C1. The van der Waals surface area contributed by atoms with Gasteiger partial charge in [-0.15, -0.1) is 0 Å². The zero-order valence-corrected chi connectivity index (χ0v) is 10.1. The van der Waals surface area contributed by atoms with Crippen LogP contribution in [-0.4, -0.2) is 16.9 Å². The van der Waals surface area contributed by atoms with Crippen LogP contribution in [0.3, 0.4) is 0 Å². The Morgan fingerprint density at radius 3 is 2.82 bits per heavy atom. The van der Waals surface area contributed by atoms with Crippen LogP contribution in [0.4, 0.5) is 0 Å². The van der Waals surface area contributed by atoms with E-state index in [1.54, 1.807) is 24.5 Å². The van der Waals surface area contributed by atoms with Gasteiger partial charge in [-0.3, -0.25) is 15.2 Å². The third-order valence-electron chi connectivity index (χ3n) is 3.27. The predicted molar refractivity (Wildman–Crippen MR) is 66.3 cm³/mol. The van der Waals surface area contributed by atoms with Crippen LogP contribution in [0.5, 0.6) is 0 Å². The average molecular weight is 233 g/mol. The van der Waals surface area contributed by atoms with Gasteiger partial charge in [0.05, 0.1) is 0 Å². The van der Waals surface area contributed by atoms with Gasteiger partial charge in [-0.05, 0) is 30.9 Å². The maximum atomic E-state index is 11.8. The number of hydrogen-bond donors (Lipinski definition) is 2. The van der Waals surface area contributed by atoms with E-state index >= 15 is 0 Å². The molecule has 2 rings (SSSR count). The molecule has 1 heterocycles. The highest BCUT2D eigenvalue weighted by molar-refractivity contribution is 5.93. The molecule has 0 aromatic carbocycles. The maximum Gasteiger partial charge on any atom is 0.265 e. The summed E-state index contributed by atoms with van der Waals surface area (Å²) in [6.07, 6.45) is 8.06. The number of carbonyl (C=O) groups excluding carboxylic acids is 1. The predicted octanol–water partition coefficient (Wildman–Crippen LogP) is 1.89. The molecular weight excluding hydrogens is 214 g/mol. The Kier molecular flexibility index (Phi) is 4.09. The van der Waals surface area contributed by atoms with Crippen LogP contribution < -0.4 is 10.9 Å². The van der Waals surface area contributed by atoms with Gasteiger partial charge in [0.2, 0.25) is 0 Å². The third kappa shape index (κ3) is 3.53. The molecule has 0 bridgehead atoms. The zero-order chi connectivity index (χ0) is 12.1. The summed E-state index contributed by atoms with van der Waals surface area (Å²) in [5.41, 5.74) is 6.54. The van der Waals surface area contributed by atoms with E-state index in [9.17, 15) is 4.79 Å². The molecule has 4 nitrogen and oxygen atoms in total. The summed E-state index contributed by atoms with van der Waals surface area (Å²) >= 11 is 0. The highest BCUT2D eigenvalue weighted by Crippen LogP contribution is 2.22. The summed E-state index contributed by atoms with van der Waals surface area (Å²) < 4.78 is 0. The molecular formula is C13H19N3O. The van der Waals surface area contributed by atoms with E-state index in [1.165, 1.54) is 12.8 Å². The molecule has 0 spiro atoms. The van der Waals surface area contributed by atoms with E-state index in [0.717, 1.165) is 18.8 Å². The van der Waals surface area contributed by atoms with Crippen LogP contribution in [0.15, 0.2) is 24.5 Å². The van der Waals surface area contributed by atoms with E-state index in [1.807, 2.05) is 0 Å². The third-order valence-corrected chi connectivity index (χ3v) is 3.27. The van der Waals surface area contributed by atoms with Gasteiger partial charge in [0.25, 0.3) is 5.91 Å². The fourth-order valence-electron chi connectivity index (χ4n) is 2.31. The topological polar surface area (TPSA) is 54.0 Å². The van der Waals surface area contributed by atoms with Gasteiger partial charge in [0.1, 0.15) is 0 Å². The van der Waals surface area contributed by atoms with Gasteiger partial charge < -0.3 is 0 Å². The van der Waals surface area contributed by atoms with Gasteiger partial charge >= 0.3 is 0 Å². The molecule has 1 aromatic rings. The number of aromatic nitrogens is 1. The molecule has 1 aliphatic carbocycles. The number of rotatable bonds is 3. The van der Waals surface area contributed by atoms with Crippen molar-refractivity contribution < 1.29 is 4.79 Å². The minimum absolute atomic E-state index is 0.0920. The van der Waals surface area contributed by atoms with Crippen LogP contribution >= 0.6 is 0 Å². The summed E-state index contributed by atoms with van der Waals surface area (Å²) in [6, 6.07) is 3.82. The van der Waals surface area contributed by atoms with Gasteiger partial charge in [-0.2, -0.15) is 0 Å². The fourth-order valence-corrected chi connectivity index (χ4v) is 2.31. The van der Waals surface area contributed by atoms with Crippen molar-refractivity contribution in [3.63, 3.8) is 0 Å². The van der Waals surface area contributed by atoms with Crippen LogP contribution in [0.25, 0.3) is 0 Å². The molecule has 2 N–H and O–H groups in total. The molecule has 1 aromatic heterocycles. The van der Waals surface area contributed by atoms with Crippen molar-refractivity contribution in [1.29, 1.82) is 0 Å². The lowest BCUT2D eigenvalue weighted by atomic mass is 9.87. The first-order valence-corrected chi connectivity index (χ1v) is 6.21. The summed E-state index contributed by atoms with van der Waals surface area (Å²) in [5, 5.41) is 0. The normalized spacial score (nSPS) is 24.3. The molecule has 1 fully saturated rings. The van der Waals surface area contributed by atoms with Crippen molar-refractivity contribution in [2.45, 2.75) is 38.6 Å². The maximum absolute atomic E-state index is 11.8. The molecule has 0 aliphatic heterocycles. The molecule has 0 radical (unpaired) electrons. The van der Waals surface area contributed by atoms with Crippen molar-refractivity contribution in [3.8, 4) is 0 Å².